The van der Waals surface area contributed by atoms with Crippen LogP contribution in [0.3, 0.4) is 0 Å². The van der Waals surface area contributed by atoms with E-state index >= 15 is 0 Å². The quantitative estimate of drug-likeness (QED) is 0.0626. The molecule has 4 fully saturated rings. The number of ether oxygens (including phenoxy) is 5. The molecule has 4 saturated heterocycles. The van der Waals surface area contributed by atoms with Crippen molar-refractivity contribution in [3.8, 4) is 0 Å². The van der Waals surface area contributed by atoms with Gasteiger partial charge in [0.2, 0.25) is 23.6 Å². The fourth-order valence-corrected chi connectivity index (χ4v) is 5.37. The molecule has 0 bridgehead atoms. The third-order valence-electron chi connectivity index (χ3n) is 7.83. The summed E-state index contributed by atoms with van der Waals surface area (Å²) in [6.45, 7) is 16.1. The Morgan fingerprint density at radius 3 is 1.75 bits per heavy atom. The lowest BCUT2D eigenvalue weighted by atomic mass is 9.73. The van der Waals surface area contributed by atoms with Gasteiger partial charge < -0.3 is 50.0 Å². The SMILES string of the molecule is CC(=O)[O-].CC(C)(C)OC(=O)NCCOCCOCCBr.O=C1CCC2(CNC2)C(=O)N1.[NH3+]CCOCCOCCN1CC2(CCC(=O)NC2=O)C1. The summed E-state index contributed by atoms with van der Waals surface area (Å²) in [4.78, 5) is 67.2. The second-order valence-corrected chi connectivity index (χ2v) is 14.3. The molecule has 4 aliphatic heterocycles. The predicted molar refractivity (Wildman–Crippen MR) is 189 cm³/mol. The molecule has 0 aromatic heterocycles. The molecule has 52 heavy (non-hydrogen) atoms. The number of nitrogens with zero attached hydrogens (tertiary/aromatic N) is 1. The van der Waals surface area contributed by atoms with Crippen molar-refractivity contribution in [2.45, 2.75) is 59.0 Å². The number of imide groups is 2. The lowest BCUT2D eigenvalue weighted by molar-refractivity contribution is -0.374. The van der Waals surface area contributed by atoms with Crippen LogP contribution in [-0.4, -0.2) is 150 Å². The molecule has 0 radical (unpaired) electrons. The Hall–Kier alpha value is -2.78. The molecular weight excluding hydrogens is 752 g/mol. The van der Waals surface area contributed by atoms with Gasteiger partial charge in [-0.3, -0.25) is 34.7 Å². The molecule has 300 valence electrons. The van der Waals surface area contributed by atoms with Crippen LogP contribution in [-0.2, 0) is 47.7 Å². The zero-order valence-electron chi connectivity index (χ0n) is 31.1. The number of carbonyl (C=O) groups is 6. The molecule has 19 heteroatoms. The molecular formula is C33H59BrN6O12. The van der Waals surface area contributed by atoms with Gasteiger partial charge in [-0.2, -0.15) is 0 Å². The lowest BCUT2D eigenvalue weighted by Crippen LogP contribution is -2.66. The minimum absolute atomic E-state index is 0.0903. The number of rotatable bonds is 16. The van der Waals surface area contributed by atoms with Gasteiger partial charge in [-0.1, -0.05) is 15.9 Å². The standard InChI is InChI=1S/C13H23N3O4.C11H22BrNO4.C7H10N2O2.C2H4O2/c14-3-5-19-7-8-20-6-4-16-9-13(10-16)2-1-11(17)15-12(13)18;1-11(2,3)17-10(14)13-5-7-16-9-8-15-6-4-12;10-5-1-2-7(3-8-4-7)6(11)9-5;1-2(3)4/h1-10,14H2,(H,15,17,18);4-9H2,1-3H3,(H,13,14);8H,1-4H2,(H,9,10,11);1H3,(H,3,4). The highest BCUT2D eigenvalue weighted by Crippen LogP contribution is 2.37. The molecule has 18 nitrogen and oxygen atoms in total. The van der Waals surface area contributed by atoms with Crippen LogP contribution in [0.15, 0.2) is 0 Å². The van der Waals surface area contributed by atoms with Crippen molar-refractivity contribution in [3.63, 3.8) is 0 Å². The molecule has 5 amide bonds. The van der Waals surface area contributed by atoms with Gasteiger partial charge in [-0.25, -0.2) is 4.79 Å². The van der Waals surface area contributed by atoms with Crippen molar-refractivity contribution < 1.29 is 63.3 Å². The molecule has 7 N–H and O–H groups in total. The molecule has 0 aliphatic carbocycles. The Morgan fingerprint density at radius 2 is 1.31 bits per heavy atom. The Kier molecular flexibility index (Phi) is 23.0. The van der Waals surface area contributed by atoms with Gasteiger partial charge in [0, 0.05) is 63.4 Å². The lowest BCUT2D eigenvalue weighted by Gasteiger charge is -2.50. The van der Waals surface area contributed by atoms with Crippen LogP contribution in [0.4, 0.5) is 4.79 Å². The summed E-state index contributed by atoms with van der Waals surface area (Å²) >= 11 is 3.26. The molecule has 2 spiro atoms. The maximum absolute atomic E-state index is 11.8. The summed E-state index contributed by atoms with van der Waals surface area (Å²) in [6, 6.07) is 0. The normalized spacial score (nSPS) is 18.5. The van der Waals surface area contributed by atoms with Crippen molar-refractivity contribution in [2.75, 3.05) is 104 Å². The van der Waals surface area contributed by atoms with E-state index in [1.54, 1.807) is 0 Å². The fraction of sp³-hybridized carbons (Fsp3) is 0.818. The number of alkyl carbamates (subject to hydrolysis) is 1. The van der Waals surface area contributed by atoms with Crippen molar-refractivity contribution in [1.29, 1.82) is 0 Å². The number of carboxylic acids is 1. The number of piperidine rings is 2. The van der Waals surface area contributed by atoms with Gasteiger partial charge in [0.15, 0.2) is 0 Å². The first-order valence-electron chi connectivity index (χ1n) is 17.5. The number of carboxylic acid groups (broad SMARTS) is 1. The first-order valence-corrected chi connectivity index (χ1v) is 18.6. The Labute approximate surface area is 314 Å². The second kappa shape index (κ2) is 25.3. The van der Waals surface area contributed by atoms with E-state index in [1.807, 2.05) is 20.8 Å². The number of hydrogen-bond donors (Lipinski definition) is 5. The summed E-state index contributed by atoms with van der Waals surface area (Å²) in [5.41, 5.74) is 2.65. The summed E-state index contributed by atoms with van der Waals surface area (Å²) in [7, 11) is 0. The fourth-order valence-electron chi connectivity index (χ4n) is 5.14. The zero-order valence-corrected chi connectivity index (χ0v) is 32.7. The molecule has 4 heterocycles. The number of carbonyl (C=O) groups excluding carboxylic acids is 6. The van der Waals surface area contributed by atoms with Crippen LogP contribution in [0.5, 0.6) is 0 Å². The average molecular weight is 812 g/mol. The average Bonchev–Trinajstić information content (AvgIpc) is 3.01. The summed E-state index contributed by atoms with van der Waals surface area (Å²) in [5, 5.41) is 20.2. The van der Waals surface area contributed by atoms with E-state index in [1.165, 1.54) is 0 Å². The van der Waals surface area contributed by atoms with Gasteiger partial charge in [-0.15, -0.1) is 0 Å². The van der Waals surface area contributed by atoms with Crippen molar-refractivity contribution >= 4 is 51.6 Å². The van der Waals surface area contributed by atoms with Gasteiger partial charge in [0.1, 0.15) is 5.60 Å². The van der Waals surface area contributed by atoms with Gasteiger partial charge >= 0.3 is 6.09 Å². The van der Waals surface area contributed by atoms with Crippen LogP contribution in [0.2, 0.25) is 0 Å². The highest BCUT2D eigenvalue weighted by atomic mass is 79.9. The van der Waals surface area contributed by atoms with Crippen LogP contribution in [0, 0.1) is 10.8 Å². The van der Waals surface area contributed by atoms with Crippen LogP contribution < -0.4 is 32.1 Å². The highest BCUT2D eigenvalue weighted by Gasteiger charge is 2.51. The second-order valence-electron chi connectivity index (χ2n) is 13.5. The van der Waals surface area contributed by atoms with Gasteiger partial charge in [-0.05, 0) is 40.5 Å². The van der Waals surface area contributed by atoms with Crippen LogP contribution in [0.25, 0.3) is 0 Å². The third-order valence-corrected chi connectivity index (χ3v) is 8.15. The zero-order chi connectivity index (χ0) is 39.0. The monoisotopic (exact) mass is 810 g/mol. The van der Waals surface area contributed by atoms with E-state index in [0.717, 1.165) is 51.5 Å². The van der Waals surface area contributed by atoms with E-state index in [-0.39, 0.29) is 34.5 Å². The van der Waals surface area contributed by atoms with E-state index < -0.39 is 17.7 Å². The number of alkyl halides is 1. The number of amides is 5. The summed E-state index contributed by atoms with van der Waals surface area (Å²) in [5.74, 6) is -1.56. The summed E-state index contributed by atoms with van der Waals surface area (Å²) < 4.78 is 26.2. The number of hydrogen-bond acceptors (Lipinski definition) is 14. The van der Waals surface area contributed by atoms with E-state index in [0.29, 0.717) is 85.1 Å². The smallest absolute Gasteiger partial charge is 0.407 e. The first kappa shape index (κ1) is 47.2. The maximum Gasteiger partial charge on any atom is 0.407 e. The predicted octanol–water partition coefficient (Wildman–Crippen LogP) is -2.29. The van der Waals surface area contributed by atoms with Crippen LogP contribution >= 0.6 is 15.9 Å². The van der Waals surface area contributed by atoms with E-state index in [4.69, 9.17) is 33.6 Å². The number of halogens is 1. The van der Waals surface area contributed by atoms with Gasteiger partial charge in [0.05, 0.1) is 70.2 Å². The Balaban J connectivity index is 0.000000382. The largest absolute Gasteiger partial charge is 0.550 e. The Bertz CT molecular complexity index is 1130. The number of likely N-dealkylation sites (tertiary alicyclic amines) is 1. The minimum atomic E-state index is -1.08. The molecule has 0 aromatic carbocycles. The van der Waals surface area contributed by atoms with E-state index in [2.05, 4.69) is 47.8 Å². The molecule has 4 aliphatic rings. The molecule has 0 aromatic rings. The van der Waals surface area contributed by atoms with Crippen LogP contribution in [0.1, 0.15) is 53.4 Å². The van der Waals surface area contributed by atoms with Crippen molar-refractivity contribution in [3.05, 3.63) is 0 Å². The Morgan fingerprint density at radius 1 is 0.827 bits per heavy atom. The summed E-state index contributed by atoms with van der Waals surface area (Å²) in [6.07, 6.45) is 1.92. The molecule has 0 unspecified atom stereocenters. The first-order chi connectivity index (χ1) is 24.6. The van der Waals surface area contributed by atoms with Crippen molar-refractivity contribution in [1.82, 2.24) is 26.2 Å². The maximum atomic E-state index is 11.8. The van der Waals surface area contributed by atoms with Crippen molar-refractivity contribution in [2.24, 2.45) is 10.8 Å². The third kappa shape index (κ3) is 19.9. The minimum Gasteiger partial charge on any atom is -0.550 e. The van der Waals surface area contributed by atoms with E-state index in [9.17, 15) is 24.0 Å². The van der Waals surface area contributed by atoms with Gasteiger partial charge in [0.25, 0.3) is 0 Å². The number of nitrogens with one attached hydrogen (secondary N) is 4. The number of aliphatic carboxylic acids is 1. The molecule has 4 rings (SSSR count). The topological polar surface area (TPSA) is 251 Å². The molecule has 0 saturated carbocycles. The molecule has 0 atom stereocenters. The highest BCUT2D eigenvalue weighted by molar-refractivity contribution is 9.09. The number of quaternary nitrogens is 1.